The molecule has 0 amide bonds. The first-order valence-corrected chi connectivity index (χ1v) is 7.55. The van der Waals surface area contributed by atoms with Gasteiger partial charge in [-0.3, -0.25) is 0 Å². The van der Waals surface area contributed by atoms with Gasteiger partial charge in [-0.2, -0.15) is 10.5 Å². The maximum absolute atomic E-state index is 12.3. The Morgan fingerprint density at radius 2 is 1.91 bits per heavy atom. The Hall–Kier alpha value is -2.33. The molecule has 0 heterocycles. The van der Waals surface area contributed by atoms with Crippen LogP contribution in [0.1, 0.15) is 44.7 Å². The Balaban J connectivity index is 3.18. The summed E-state index contributed by atoms with van der Waals surface area (Å²) in [6.45, 7) is 6.19. The average Bonchev–Trinajstić information content (AvgIpc) is 2.49. The second kappa shape index (κ2) is 8.20. The summed E-state index contributed by atoms with van der Waals surface area (Å²) in [4.78, 5) is 12.3. The predicted molar refractivity (Wildman–Crippen MR) is 83.8 cm³/mol. The fourth-order valence-corrected chi connectivity index (χ4v) is 2.42. The second-order valence-corrected chi connectivity index (χ2v) is 5.69. The van der Waals surface area contributed by atoms with Crippen LogP contribution in [0.5, 0.6) is 0 Å². The van der Waals surface area contributed by atoms with Gasteiger partial charge in [0.1, 0.15) is 0 Å². The van der Waals surface area contributed by atoms with Gasteiger partial charge in [-0.05, 0) is 36.8 Å². The van der Waals surface area contributed by atoms with E-state index in [-0.39, 0.29) is 19.4 Å². The number of rotatable bonds is 7. The van der Waals surface area contributed by atoms with Crippen molar-refractivity contribution in [3.05, 3.63) is 35.4 Å². The topological polar surface area (TPSA) is 73.9 Å². The summed E-state index contributed by atoms with van der Waals surface area (Å²) in [5, 5.41) is 18.4. The fourth-order valence-electron chi connectivity index (χ4n) is 2.42. The molecule has 22 heavy (non-hydrogen) atoms. The largest absolute Gasteiger partial charge is 0.465 e. The molecule has 1 atom stereocenters. The van der Waals surface area contributed by atoms with Crippen molar-refractivity contribution in [2.75, 3.05) is 6.61 Å². The molecule has 1 rings (SSSR count). The van der Waals surface area contributed by atoms with E-state index in [2.05, 4.69) is 19.9 Å². The molecule has 0 N–H and O–H groups in total. The molecule has 0 bridgehead atoms. The van der Waals surface area contributed by atoms with E-state index in [0.29, 0.717) is 11.5 Å². The van der Waals surface area contributed by atoms with Crippen molar-refractivity contribution in [3.63, 3.8) is 0 Å². The minimum Gasteiger partial charge on any atom is -0.465 e. The molecule has 4 heteroatoms. The van der Waals surface area contributed by atoms with Crippen LogP contribution >= 0.6 is 0 Å². The summed E-state index contributed by atoms with van der Waals surface area (Å²) >= 11 is 0. The third-order valence-electron chi connectivity index (χ3n) is 3.52. The lowest BCUT2D eigenvalue weighted by molar-refractivity contribution is -0.148. The van der Waals surface area contributed by atoms with Gasteiger partial charge in [0.25, 0.3) is 0 Å². The lowest BCUT2D eigenvalue weighted by Crippen LogP contribution is -2.36. The SMILES string of the molecule is CCOC(=O)[C@](C#N)(CCC#N)c1ccc(CC(C)C)cc1. The number of carbonyl (C=O) groups is 1. The van der Waals surface area contributed by atoms with Gasteiger partial charge in [0, 0.05) is 6.42 Å². The number of nitrogens with zero attached hydrogens (tertiary/aromatic N) is 2. The third kappa shape index (κ3) is 4.09. The second-order valence-electron chi connectivity index (χ2n) is 5.69. The standard InChI is InChI=1S/C18H22N2O2/c1-4-22-17(21)18(13-20,10-5-11-19)16-8-6-15(7-9-16)12-14(2)3/h6-9,14H,4-5,10,12H2,1-3H3/t18-/m0/s1. The van der Waals surface area contributed by atoms with Crippen molar-refractivity contribution in [3.8, 4) is 12.1 Å². The fraction of sp³-hybridized carbons (Fsp3) is 0.500. The Kier molecular flexibility index (Phi) is 6.60. The van der Waals surface area contributed by atoms with Crippen LogP contribution in [0.3, 0.4) is 0 Å². The molecule has 0 aliphatic rings. The molecule has 0 fully saturated rings. The molecule has 0 spiro atoms. The van der Waals surface area contributed by atoms with Crippen molar-refractivity contribution in [1.29, 1.82) is 10.5 Å². The molecular formula is C18H22N2O2. The molecule has 0 aliphatic carbocycles. The van der Waals surface area contributed by atoms with E-state index in [4.69, 9.17) is 10.00 Å². The Labute approximate surface area is 132 Å². The van der Waals surface area contributed by atoms with Crippen molar-refractivity contribution in [1.82, 2.24) is 0 Å². The molecule has 4 nitrogen and oxygen atoms in total. The maximum Gasteiger partial charge on any atom is 0.331 e. The molecule has 116 valence electrons. The summed E-state index contributed by atoms with van der Waals surface area (Å²) in [5.41, 5.74) is 0.355. The van der Waals surface area contributed by atoms with Crippen molar-refractivity contribution in [2.24, 2.45) is 5.92 Å². The molecule has 0 aromatic heterocycles. The van der Waals surface area contributed by atoms with Crippen LogP contribution in [0, 0.1) is 28.6 Å². The van der Waals surface area contributed by atoms with Crippen molar-refractivity contribution < 1.29 is 9.53 Å². The first kappa shape index (κ1) is 17.7. The van der Waals surface area contributed by atoms with Gasteiger partial charge in [-0.1, -0.05) is 38.1 Å². The number of ether oxygens (including phenoxy) is 1. The molecular weight excluding hydrogens is 276 g/mol. The lowest BCUT2D eigenvalue weighted by atomic mass is 9.77. The van der Waals surface area contributed by atoms with Crippen LogP contribution in [0.2, 0.25) is 0 Å². The van der Waals surface area contributed by atoms with Crippen LogP contribution in [0.4, 0.5) is 0 Å². The number of hydrogen-bond acceptors (Lipinski definition) is 4. The summed E-state index contributed by atoms with van der Waals surface area (Å²) in [5.74, 6) is -0.0421. The Morgan fingerprint density at radius 3 is 2.36 bits per heavy atom. The van der Waals surface area contributed by atoms with Gasteiger partial charge in [0.15, 0.2) is 5.41 Å². The summed E-state index contributed by atoms with van der Waals surface area (Å²) in [6.07, 6.45) is 1.21. The van der Waals surface area contributed by atoms with Gasteiger partial charge in [0.05, 0.1) is 18.7 Å². The molecule has 0 saturated heterocycles. The molecule has 0 radical (unpaired) electrons. The minimum atomic E-state index is -1.40. The van der Waals surface area contributed by atoms with E-state index < -0.39 is 11.4 Å². The zero-order valence-electron chi connectivity index (χ0n) is 13.4. The van der Waals surface area contributed by atoms with Gasteiger partial charge in [-0.15, -0.1) is 0 Å². The van der Waals surface area contributed by atoms with Gasteiger partial charge in [-0.25, -0.2) is 4.79 Å². The van der Waals surface area contributed by atoms with E-state index in [1.807, 2.05) is 18.2 Å². The van der Waals surface area contributed by atoms with E-state index >= 15 is 0 Å². The molecule has 0 saturated carbocycles. The van der Waals surface area contributed by atoms with Crippen molar-refractivity contribution >= 4 is 5.97 Å². The monoisotopic (exact) mass is 298 g/mol. The number of esters is 1. The predicted octanol–water partition coefficient (Wildman–Crippen LogP) is 3.51. The smallest absolute Gasteiger partial charge is 0.331 e. The molecule has 1 aromatic carbocycles. The quantitative estimate of drug-likeness (QED) is 0.722. The maximum atomic E-state index is 12.3. The summed E-state index contributed by atoms with van der Waals surface area (Å²) < 4.78 is 5.07. The third-order valence-corrected chi connectivity index (χ3v) is 3.52. The van der Waals surface area contributed by atoms with E-state index in [1.54, 1.807) is 19.1 Å². The zero-order valence-corrected chi connectivity index (χ0v) is 13.4. The van der Waals surface area contributed by atoms with E-state index in [9.17, 15) is 10.1 Å². The van der Waals surface area contributed by atoms with Gasteiger partial charge in [0.2, 0.25) is 0 Å². The van der Waals surface area contributed by atoms with Gasteiger partial charge >= 0.3 is 5.97 Å². The molecule has 0 unspecified atom stereocenters. The first-order valence-electron chi connectivity index (χ1n) is 7.55. The highest BCUT2D eigenvalue weighted by Gasteiger charge is 2.41. The molecule has 0 aliphatic heterocycles. The highest BCUT2D eigenvalue weighted by Crippen LogP contribution is 2.31. The Morgan fingerprint density at radius 1 is 1.27 bits per heavy atom. The first-order chi connectivity index (χ1) is 10.5. The number of hydrogen-bond donors (Lipinski definition) is 0. The highest BCUT2D eigenvalue weighted by atomic mass is 16.5. The number of carbonyl (C=O) groups excluding carboxylic acids is 1. The summed E-state index contributed by atoms with van der Waals surface area (Å²) in [7, 11) is 0. The van der Waals surface area contributed by atoms with Crippen molar-refractivity contribution in [2.45, 2.75) is 45.4 Å². The lowest BCUT2D eigenvalue weighted by Gasteiger charge is -2.24. The zero-order chi connectivity index (χ0) is 16.6. The number of nitriles is 2. The van der Waals surface area contributed by atoms with Crippen LogP contribution in [0.15, 0.2) is 24.3 Å². The molecule has 1 aromatic rings. The Bertz CT molecular complexity index is 579. The summed E-state index contributed by atoms with van der Waals surface area (Å²) in [6, 6.07) is 11.6. The highest BCUT2D eigenvalue weighted by molar-refractivity contribution is 5.86. The van der Waals surface area contributed by atoms with E-state index in [0.717, 1.165) is 12.0 Å². The normalized spacial score (nSPS) is 13.0. The van der Waals surface area contributed by atoms with Gasteiger partial charge < -0.3 is 4.74 Å². The van der Waals surface area contributed by atoms with Crippen LogP contribution in [0.25, 0.3) is 0 Å². The van der Waals surface area contributed by atoms with Crippen LogP contribution in [-0.2, 0) is 21.4 Å². The van der Waals surface area contributed by atoms with Crippen LogP contribution in [-0.4, -0.2) is 12.6 Å². The average molecular weight is 298 g/mol. The van der Waals surface area contributed by atoms with Crippen LogP contribution < -0.4 is 0 Å². The van der Waals surface area contributed by atoms with E-state index in [1.165, 1.54) is 0 Å². The minimum absolute atomic E-state index is 0.125. The number of benzene rings is 1.